The number of rotatable bonds is 4. The van der Waals surface area contributed by atoms with Gasteiger partial charge in [0.25, 0.3) is 5.91 Å². The first kappa shape index (κ1) is 20.0. The quantitative estimate of drug-likeness (QED) is 0.814. The first-order valence-electron chi connectivity index (χ1n) is 8.10. The van der Waals surface area contributed by atoms with E-state index in [9.17, 15) is 4.79 Å². The van der Waals surface area contributed by atoms with Gasteiger partial charge >= 0.3 is 0 Å². The highest BCUT2D eigenvalue weighted by atomic mass is 35.5. The highest BCUT2D eigenvalue weighted by Crippen LogP contribution is 2.25. The highest BCUT2D eigenvalue weighted by molar-refractivity contribution is 6.42. The van der Waals surface area contributed by atoms with Crippen molar-refractivity contribution in [1.29, 1.82) is 0 Å². The van der Waals surface area contributed by atoms with Crippen LogP contribution in [0.2, 0.25) is 10.0 Å². The van der Waals surface area contributed by atoms with Crippen molar-refractivity contribution in [3.05, 3.63) is 46.2 Å². The van der Waals surface area contributed by atoms with Gasteiger partial charge in [0.15, 0.2) is 5.69 Å². The van der Waals surface area contributed by atoms with Gasteiger partial charge in [0, 0.05) is 12.2 Å². The summed E-state index contributed by atoms with van der Waals surface area (Å²) < 4.78 is 1.61. The summed E-state index contributed by atoms with van der Waals surface area (Å²) in [5, 5.41) is 8.35. The molecule has 8 heteroatoms. The third-order valence-electron chi connectivity index (χ3n) is 4.52. The maximum Gasteiger partial charge on any atom is 0.272 e. The minimum absolute atomic E-state index is 0. The van der Waals surface area contributed by atoms with E-state index in [1.807, 2.05) is 0 Å². The maximum atomic E-state index is 12.5. The van der Waals surface area contributed by atoms with Crippen LogP contribution in [0, 0.1) is 5.92 Å². The van der Waals surface area contributed by atoms with E-state index in [0.29, 0.717) is 28.2 Å². The van der Waals surface area contributed by atoms with Crippen LogP contribution in [0.5, 0.6) is 0 Å². The largest absolute Gasteiger partial charge is 0.348 e. The zero-order valence-electron chi connectivity index (χ0n) is 13.6. The monoisotopic (exact) mass is 402 g/mol. The first-order chi connectivity index (χ1) is 11.6. The number of hydrogen-bond acceptors (Lipinski definition) is 3. The average Bonchev–Trinajstić information content (AvgIpc) is 3.08. The van der Waals surface area contributed by atoms with Crippen molar-refractivity contribution in [2.45, 2.75) is 31.7 Å². The Labute approximate surface area is 163 Å². The van der Waals surface area contributed by atoms with Crippen LogP contribution in [0.25, 0.3) is 5.69 Å². The second-order valence-corrected chi connectivity index (χ2v) is 6.92. The molecule has 1 fully saturated rings. The van der Waals surface area contributed by atoms with Gasteiger partial charge in [-0.2, -0.15) is 5.10 Å². The van der Waals surface area contributed by atoms with E-state index in [1.165, 1.54) is 6.42 Å². The summed E-state index contributed by atoms with van der Waals surface area (Å²) in [6, 6.07) is 7.04. The van der Waals surface area contributed by atoms with Crippen LogP contribution < -0.4 is 11.1 Å². The molecule has 1 saturated carbocycles. The number of amides is 1. The van der Waals surface area contributed by atoms with Gasteiger partial charge in [0.05, 0.1) is 15.7 Å². The smallest absolute Gasteiger partial charge is 0.272 e. The number of carbonyl (C=O) groups excluding carboxylic acids is 1. The minimum Gasteiger partial charge on any atom is -0.348 e. The zero-order valence-corrected chi connectivity index (χ0v) is 15.9. The molecule has 1 aromatic carbocycles. The molecule has 2 aromatic rings. The van der Waals surface area contributed by atoms with Gasteiger partial charge in [-0.3, -0.25) is 4.79 Å². The number of nitrogens with one attached hydrogen (secondary N) is 1. The van der Waals surface area contributed by atoms with E-state index in [1.54, 1.807) is 35.1 Å². The maximum absolute atomic E-state index is 12.5. The molecule has 0 aliphatic heterocycles. The second kappa shape index (κ2) is 8.90. The fourth-order valence-corrected chi connectivity index (χ4v) is 3.43. The SMILES string of the molecule is Cl.NCC1CCCCC1NC(=O)c1ccn(-c2ccc(Cl)c(Cl)c2)n1. The topological polar surface area (TPSA) is 72.9 Å². The minimum atomic E-state index is -0.167. The Kier molecular flexibility index (Phi) is 7.14. The summed E-state index contributed by atoms with van der Waals surface area (Å²) in [5.41, 5.74) is 6.95. The summed E-state index contributed by atoms with van der Waals surface area (Å²) in [6.45, 7) is 0.600. The normalized spacial score (nSPS) is 20.0. The molecule has 1 aromatic heterocycles. The molecule has 3 rings (SSSR count). The molecule has 136 valence electrons. The van der Waals surface area contributed by atoms with Crippen molar-refractivity contribution in [1.82, 2.24) is 15.1 Å². The highest BCUT2D eigenvalue weighted by Gasteiger charge is 2.26. The van der Waals surface area contributed by atoms with Crippen LogP contribution in [-0.2, 0) is 0 Å². The van der Waals surface area contributed by atoms with E-state index in [-0.39, 0.29) is 24.4 Å². The Balaban J connectivity index is 0.00000225. The lowest BCUT2D eigenvalue weighted by Gasteiger charge is -2.31. The Hall–Kier alpha value is -1.27. The van der Waals surface area contributed by atoms with Gasteiger partial charge in [0.2, 0.25) is 0 Å². The molecule has 0 saturated heterocycles. The van der Waals surface area contributed by atoms with Crippen molar-refractivity contribution in [2.75, 3.05) is 6.54 Å². The van der Waals surface area contributed by atoms with E-state index in [2.05, 4.69) is 10.4 Å². The molecule has 1 heterocycles. The Morgan fingerprint density at radius 1 is 1.24 bits per heavy atom. The third kappa shape index (κ3) is 4.67. The van der Waals surface area contributed by atoms with Gasteiger partial charge < -0.3 is 11.1 Å². The van der Waals surface area contributed by atoms with Gasteiger partial charge in [-0.05, 0) is 49.6 Å². The number of hydrogen-bond donors (Lipinski definition) is 2. The fourth-order valence-electron chi connectivity index (χ4n) is 3.14. The first-order valence-corrected chi connectivity index (χ1v) is 8.86. The van der Waals surface area contributed by atoms with E-state index >= 15 is 0 Å². The van der Waals surface area contributed by atoms with Crippen LogP contribution in [0.1, 0.15) is 36.2 Å². The van der Waals surface area contributed by atoms with Crippen molar-refractivity contribution in [3.8, 4) is 5.69 Å². The van der Waals surface area contributed by atoms with E-state index < -0.39 is 0 Å². The molecule has 0 bridgehead atoms. The number of halogens is 3. The fraction of sp³-hybridized carbons (Fsp3) is 0.412. The number of benzene rings is 1. The molecule has 2 unspecified atom stereocenters. The van der Waals surface area contributed by atoms with Crippen molar-refractivity contribution in [3.63, 3.8) is 0 Å². The molecule has 0 spiro atoms. The van der Waals surface area contributed by atoms with Gasteiger partial charge in [-0.25, -0.2) is 4.68 Å². The molecule has 0 radical (unpaired) electrons. The molecule has 2 atom stereocenters. The van der Waals surface area contributed by atoms with Crippen LogP contribution >= 0.6 is 35.6 Å². The molecular weight excluding hydrogens is 383 g/mol. The summed E-state index contributed by atoms with van der Waals surface area (Å²) in [5.74, 6) is 0.180. The Morgan fingerprint density at radius 2 is 2.00 bits per heavy atom. The standard InChI is InChI=1S/C17H20Cl2N4O.ClH/c18-13-6-5-12(9-14(13)19)23-8-7-16(22-23)17(24)21-15-4-2-1-3-11(15)10-20;/h5-9,11,15H,1-4,10,20H2,(H,21,24);1H. The van der Waals surface area contributed by atoms with Gasteiger partial charge in [-0.1, -0.05) is 36.0 Å². The van der Waals surface area contributed by atoms with Crippen LogP contribution in [0.4, 0.5) is 0 Å². The molecule has 1 amide bonds. The number of nitrogens with two attached hydrogens (primary N) is 1. The van der Waals surface area contributed by atoms with Crippen molar-refractivity contribution >= 4 is 41.5 Å². The molecule has 25 heavy (non-hydrogen) atoms. The third-order valence-corrected chi connectivity index (χ3v) is 5.26. The molecule has 1 aliphatic rings. The number of carbonyl (C=O) groups is 1. The zero-order chi connectivity index (χ0) is 17.1. The predicted octanol–water partition coefficient (Wildman–Crippen LogP) is 3.85. The number of aromatic nitrogens is 2. The van der Waals surface area contributed by atoms with Crippen LogP contribution in [0.15, 0.2) is 30.5 Å². The Morgan fingerprint density at radius 3 is 2.72 bits per heavy atom. The van der Waals surface area contributed by atoms with Crippen molar-refractivity contribution < 1.29 is 4.79 Å². The van der Waals surface area contributed by atoms with Crippen molar-refractivity contribution in [2.24, 2.45) is 11.7 Å². The summed E-state index contributed by atoms with van der Waals surface area (Å²) >= 11 is 12.0. The van der Waals surface area contributed by atoms with E-state index in [4.69, 9.17) is 28.9 Å². The average molecular weight is 404 g/mol. The summed E-state index contributed by atoms with van der Waals surface area (Å²) in [6.07, 6.45) is 6.08. The lowest BCUT2D eigenvalue weighted by molar-refractivity contribution is 0.0902. The number of nitrogens with zero attached hydrogens (tertiary/aromatic N) is 2. The van der Waals surface area contributed by atoms with Crippen LogP contribution in [-0.4, -0.2) is 28.3 Å². The molecule has 3 N–H and O–H groups in total. The lowest BCUT2D eigenvalue weighted by atomic mass is 9.84. The second-order valence-electron chi connectivity index (χ2n) is 6.10. The van der Waals surface area contributed by atoms with Gasteiger partial charge in [-0.15, -0.1) is 12.4 Å². The van der Waals surface area contributed by atoms with Gasteiger partial charge in [0.1, 0.15) is 0 Å². The molecular formula is C17H21Cl3N4O. The predicted molar refractivity (Wildman–Crippen MR) is 103 cm³/mol. The Bertz CT molecular complexity index is 734. The molecule has 5 nitrogen and oxygen atoms in total. The lowest BCUT2D eigenvalue weighted by Crippen LogP contribution is -2.44. The summed E-state index contributed by atoms with van der Waals surface area (Å²) in [4.78, 5) is 12.5. The van der Waals surface area contributed by atoms with Crippen LogP contribution in [0.3, 0.4) is 0 Å². The molecule has 1 aliphatic carbocycles. The summed E-state index contributed by atoms with van der Waals surface area (Å²) in [7, 11) is 0. The van der Waals surface area contributed by atoms with E-state index in [0.717, 1.165) is 24.9 Å².